The van der Waals surface area contributed by atoms with Gasteiger partial charge in [0, 0.05) is 30.5 Å². The van der Waals surface area contributed by atoms with Crippen molar-refractivity contribution in [2.24, 2.45) is 11.8 Å². The van der Waals surface area contributed by atoms with Crippen LogP contribution < -0.4 is 4.74 Å². The number of benzene rings is 1. The maximum Gasteiger partial charge on any atom is 0.254 e. The minimum Gasteiger partial charge on any atom is -0.495 e. The van der Waals surface area contributed by atoms with E-state index in [4.69, 9.17) is 21.1 Å². The van der Waals surface area contributed by atoms with E-state index in [1.807, 2.05) is 4.90 Å². The van der Waals surface area contributed by atoms with Crippen molar-refractivity contribution in [3.63, 3.8) is 0 Å². The summed E-state index contributed by atoms with van der Waals surface area (Å²) in [5.74, 6) is 1.57. The largest absolute Gasteiger partial charge is 0.495 e. The van der Waals surface area contributed by atoms with E-state index < -0.39 is 0 Å². The van der Waals surface area contributed by atoms with E-state index in [0.717, 1.165) is 25.9 Å². The van der Waals surface area contributed by atoms with Crippen LogP contribution in [0.1, 0.15) is 23.2 Å². The van der Waals surface area contributed by atoms with Gasteiger partial charge in [-0.2, -0.15) is 0 Å². The lowest BCUT2D eigenvalue weighted by molar-refractivity contribution is 0.00256. The summed E-state index contributed by atoms with van der Waals surface area (Å²) in [5, 5.41) is 0.466. The first kappa shape index (κ1) is 17.1. The Labute approximate surface area is 153 Å². The maximum atomic E-state index is 13.0. The lowest BCUT2D eigenvalue weighted by Crippen LogP contribution is -2.40. The number of amides is 1. The van der Waals surface area contributed by atoms with Gasteiger partial charge in [0.2, 0.25) is 0 Å². The van der Waals surface area contributed by atoms with Crippen LogP contribution in [-0.2, 0) is 4.74 Å². The van der Waals surface area contributed by atoms with Crippen molar-refractivity contribution in [2.45, 2.75) is 24.5 Å². The second kappa shape index (κ2) is 6.15. The van der Waals surface area contributed by atoms with Gasteiger partial charge in [0.15, 0.2) is 0 Å². The molecule has 1 aromatic carbocycles. The Hall–Kier alpha value is -1.30. The summed E-state index contributed by atoms with van der Waals surface area (Å²) >= 11 is 6.19. The first-order chi connectivity index (χ1) is 11.9. The zero-order valence-electron chi connectivity index (χ0n) is 15.0. The van der Waals surface area contributed by atoms with Crippen LogP contribution in [0.3, 0.4) is 0 Å². The molecule has 136 valence electrons. The lowest BCUT2D eigenvalue weighted by Gasteiger charge is -2.30. The molecule has 5 nitrogen and oxygen atoms in total. The quantitative estimate of drug-likeness (QED) is 0.823. The first-order valence-corrected chi connectivity index (χ1v) is 9.27. The van der Waals surface area contributed by atoms with Gasteiger partial charge in [0.25, 0.3) is 5.91 Å². The molecule has 6 heteroatoms. The predicted molar refractivity (Wildman–Crippen MR) is 96.3 cm³/mol. The number of fused-ring (bicyclic) bond motifs is 1. The smallest absolute Gasteiger partial charge is 0.254 e. The molecular formula is C19H25ClN2O3. The van der Waals surface area contributed by atoms with E-state index in [9.17, 15) is 4.79 Å². The van der Waals surface area contributed by atoms with Crippen LogP contribution in [0, 0.1) is 11.8 Å². The van der Waals surface area contributed by atoms with E-state index in [1.54, 1.807) is 25.3 Å². The zero-order chi connectivity index (χ0) is 17.8. The van der Waals surface area contributed by atoms with E-state index >= 15 is 0 Å². The number of likely N-dealkylation sites (tertiary alicyclic amines) is 1. The van der Waals surface area contributed by atoms with Crippen molar-refractivity contribution in [3.05, 3.63) is 28.8 Å². The average molecular weight is 365 g/mol. The van der Waals surface area contributed by atoms with Crippen molar-refractivity contribution in [2.75, 3.05) is 40.8 Å². The third-order valence-electron chi connectivity index (χ3n) is 6.05. The summed E-state index contributed by atoms with van der Waals surface area (Å²) in [6.45, 7) is 2.49. The molecule has 3 heterocycles. The number of methoxy groups -OCH3 is 1. The van der Waals surface area contributed by atoms with Gasteiger partial charge in [-0.3, -0.25) is 4.79 Å². The number of hydrogen-bond acceptors (Lipinski definition) is 4. The predicted octanol–water partition coefficient (Wildman–Crippen LogP) is 2.53. The molecule has 4 atom stereocenters. The highest BCUT2D eigenvalue weighted by Gasteiger charge is 2.63. The molecule has 1 aromatic rings. The Morgan fingerprint density at radius 3 is 2.96 bits per heavy atom. The molecule has 2 bridgehead atoms. The molecular weight excluding hydrogens is 340 g/mol. The normalized spacial score (nSPS) is 33.2. The fourth-order valence-electron chi connectivity index (χ4n) is 4.99. The van der Waals surface area contributed by atoms with Gasteiger partial charge in [0.1, 0.15) is 5.75 Å². The van der Waals surface area contributed by atoms with E-state index in [2.05, 4.69) is 19.0 Å². The number of carbonyl (C=O) groups excluding carboxylic acids is 1. The minimum absolute atomic E-state index is 0.0315. The molecule has 3 aliphatic rings. The third kappa shape index (κ3) is 2.73. The second-order valence-corrected chi connectivity index (χ2v) is 8.23. The Morgan fingerprint density at radius 2 is 2.28 bits per heavy atom. The van der Waals surface area contributed by atoms with Crippen LogP contribution in [0.25, 0.3) is 0 Å². The molecule has 1 spiro atoms. The molecule has 0 aliphatic carbocycles. The Balaban J connectivity index is 1.54. The summed E-state index contributed by atoms with van der Waals surface area (Å²) in [6, 6.07) is 5.24. The molecule has 3 saturated heterocycles. The van der Waals surface area contributed by atoms with Gasteiger partial charge in [-0.1, -0.05) is 11.6 Å². The van der Waals surface area contributed by atoms with E-state index in [-0.39, 0.29) is 11.5 Å². The van der Waals surface area contributed by atoms with Crippen LogP contribution >= 0.6 is 11.6 Å². The van der Waals surface area contributed by atoms with Crippen LogP contribution in [0.15, 0.2) is 18.2 Å². The SMILES string of the molecule is COc1ccc(C(=O)N2C[C@@H]3[C@H](CN(C)C)[C@H]4CC[C@]3(C2)O4)cc1Cl. The fraction of sp³-hybridized carbons (Fsp3) is 0.632. The number of nitrogens with zero attached hydrogens (tertiary/aromatic N) is 2. The van der Waals surface area contributed by atoms with Gasteiger partial charge in [0.05, 0.1) is 30.4 Å². The minimum atomic E-state index is -0.128. The third-order valence-corrected chi connectivity index (χ3v) is 6.34. The van der Waals surface area contributed by atoms with Crippen molar-refractivity contribution < 1.29 is 14.3 Å². The fourth-order valence-corrected chi connectivity index (χ4v) is 5.25. The number of hydrogen-bond donors (Lipinski definition) is 0. The number of halogens is 1. The number of ether oxygens (including phenoxy) is 2. The Bertz CT molecular complexity index is 695. The molecule has 0 radical (unpaired) electrons. The molecule has 4 rings (SSSR count). The number of rotatable bonds is 4. The lowest BCUT2D eigenvalue weighted by atomic mass is 9.73. The van der Waals surface area contributed by atoms with Gasteiger partial charge >= 0.3 is 0 Å². The molecule has 25 heavy (non-hydrogen) atoms. The highest BCUT2D eigenvalue weighted by molar-refractivity contribution is 6.32. The van der Waals surface area contributed by atoms with E-state index in [1.165, 1.54) is 0 Å². The highest BCUT2D eigenvalue weighted by Crippen LogP contribution is 2.55. The molecule has 3 fully saturated rings. The van der Waals surface area contributed by atoms with Crippen LogP contribution in [0.4, 0.5) is 0 Å². The summed E-state index contributed by atoms with van der Waals surface area (Å²) in [6.07, 6.45) is 2.55. The molecule has 1 amide bonds. The molecule has 0 saturated carbocycles. The van der Waals surface area contributed by atoms with Gasteiger partial charge in [-0.05, 0) is 45.1 Å². The standard InChI is InChI=1S/C19H25ClN2O3/c1-21(2)9-13-14-10-22(11-19(14)7-6-16(13)25-19)18(23)12-4-5-17(24-3)15(20)8-12/h4-5,8,13-14,16H,6-7,9-11H2,1-3H3/t13-,14+,16+,19+/m0/s1. The van der Waals surface area contributed by atoms with Gasteiger partial charge < -0.3 is 19.3 Å². The van der Waals surface area contributed by atoms with Crippen molar-refractivity contribution >= 4 is 17.5 Å². The molecule has 3 aliphatic heterocycles. The maximum absolute atomic E-state index is 13.0. The monoisotopic (exact) mass is 364 g/mol. The summed E-state index contributed by atoms with van der Waals surface area (Å²) in [5.41, 5.74) is 0.484. The van der Waals surface area contributed by atoms with Crippen molar-refractivity contribution in [1.29, 1.82) is 0 Å². The highest BCUT2D eigenvalue weighted by atomic mass is 35.5. The van der Waals surface area contributed by atoms with Crippen LogP contribution in [0.2, 0.25) is 5.02 Å². The summed E-state index contributed by atoms with van der Waals surface area (Å²) < 4.78 is 11.6. The van der Waals surface area contributed by atoms with Crippen LogP contribution in [-0.4, -0.2) is 68.3 Å². The van der Waals surface area contributed by atoms with E-state index in [0.29, 0.717) is 40.8 Å². The molecule has 0 N–H and O–H groups in total. The van der Waals surface area contributed by atoms with Crippen molar-refractivity contribution in [1.82, 2.24) is 9.80 Å². The molecule has 0 aromatic heterocycles. The summed E-state index contributed by atoms with van der Waals surface area (Å²) in [7, 11) is 5.79. The Morgan fingerprint density at radius 1 is 1.48 bits per heavy atom. The topological polar surface area (TPSA) is 42.0 Å². The van der Waals surface area contributed by atoms with Crippen molar-refractivity contribution in [3.8, 4) is 5.75 Å². The van der Waals surface area contributed by atoms with Gasteiger partial charge in [-0.25, -0.2) is 0 Å². The zero-order valence-corrected chi connectivity index (χ0v) is 15.8. The Kier molecular flexibility index (Phi) is 4.21. The van der Waals surface area contributed by atoms with Gasteiger partial charge in [-0.15, -0.1) is 0 Å². The summed E-state index contributed by atoms with van der Waals surface area (Å²) in [4.78, 5) is 17.2. The second-order valence-electron chi connectivity index (χ2n) is 7.83. The van der Waals surface area contributed by atoms with Crippen LogP contribution in [0.5, 0.6) is 5.75 Å². The molecule has 0 unspecified atom stereocenters. The average Bonchev–Trinajstić information content (AvgIpc) is 3.23. The number of carbonyl (C=O) groups is 1. The first-order valence-electron chi connectivity index (χ1n) is 8.89.